The van der Waals surface area contributed by atoms with E-state index in [0.29, 0.717) is 6.54 Å². The van der Waals surface area contributed by atoms with Crippen molar-refractivity contribution in [1.29, 1.82) is 0 Å². The van der Waals surface area contributed by atoms with E-state index in [0.717, 1.165) is 10.0 Å². The van der Waals surface area contributed by atoms with Gasteiger partial charge in [0.05, 0.1) is 12.2 Å². The third-order valence-electron chi connectivity index (χ3n) is 2.25. The number of nitrogen functional groups attached to an aromatic ring is 1. The Morgan fingerprint density at radius 1 is 1.41 bits per heavy atom. The molecular weight excluding hydrogens is 286 g/mol. The highest BCUT2D eigenvalue weighted by Crippen LogP contribution is 2.13. The first-order valence-electron chi connectivity index (χ1n) is 4.87. The highest BCUT2D eigenvalue weighted by molar-refractivity contribution is 9.10. The molecular formula is C11H10BrN3O2. The molecule has 1 heterocycles. The fourth-order valence-electron chi connectivity index (χ4n) is 1.46. The van der Waals surface area contributed by atoms with E-state index in [4.69, 9.17) is 10.8 Å². The van der Waals surface area contributed by atoms with Gasteiger partial charge in [-0.3, -0.25) is 4.68 Å². The molecule has 5 nitrogen and oxygen atoms in total. The molecule has 0 aliphatic carbocycles. The van der Waals surface area contributed by atoms with Crippen molar-refractivity contribution in [3.8, 4) is 0 Å². The van der Waals surface area contributed by atoms with Gasteiger partial charge >= 0.3 is 5.97 Å². The van der Waals surface area contributed by atoms with Crippen LogP contribution < -0.4 is 5.73 Å². The van der Waals surface area contributed by atoms with Gasteiger partial charge in [0, 0.05) is 10.7 Å². The van der Waals surface area contributed by atoms with Crippen LogP contribution in [0.3, 0.4) is 0 Å². The van der Waals surface area contributed by atoms with Crippen LogP contribution in [0.25, 0.3) is 0 Å². The standard InChI is InChI=1S/C11H10BrN3O2/c12-8-3-1-7(2-4-8)5-15-6-9(13)10(14-15)11(16)17/h1-4,6H,5,13H2,(H,16,17). The molecule has 0 unspecified atom stereocenters. The van der Waals surface area contributed by atoms with Gasteiger partial charge in [0.2, 0.25) is 0 Å². The fourth-order valence-corrected chi connectivity index (χ4v) is 1.73. The third kappa shape index (κ3) is 2.65. The highest BCUT2D eigenvalue weighted by Gasteiger charge is 2.12. The topological polar surface area (TPSA) is 81.1 Å². The Bertz CT molecular complexity index is 548. The zero-order chi connectivity index (χ0) is 12.4. The molecule has 0 bridgehead atoms. The van der Waals surface area contributed by atoms with Crippen LogP contribution in [0.5, 0.6) is 0 Å². The van der Waals surface area contributed by atoms with E-state index in [-0.39, 0.29) is 11.4 Å². The maximum absolute atomic E-state index is 10.8. The molecule has 0 amide bonds. The quantitative estimate of drug-likeness (QED) is 0.907. The second kappa shape index (κ2) is 4.58. The van der Waals surface area contributed by atoms with Crippen LogP contribution in [-0.4, -0.2) is 20.9 Å². The SMILES string of the molecule is Nc1cn(Cc2ccc(Br)cc2)nc1C(=O)O. The Labute approximate surface area is 106 Å². The molecule has 0 aliphatic rings. The molecule has 1 aromatic heterocycles. The lowest BCUT2D eigenvalue weighted by atomic mass is 10.2. The first kappa shape index (κ1) is 11.7. The number of aromatic carboxylic acids is 1. The van der Waals surface area contributed by atoms with Crippen LogP contribution in [0, 0.1) is 0 Å². The average Bonchev–Trinajstić information content (AvgIpc) is 2.63. The summed E-state index contributed by atoms with van der Waals surface area (Å²) in [5.74, 6) is -1.11. The first-order valence-corrected chi connectivity index (χ1v) is 5.66. The van der Waals surface area contributed by atoms with E-state index >= 15 is 0 Å². The number of hydrogen-bond donors (Lipinski definition) is 2. The molecule has 2 rings (SSSR count). The predicted molar refractivity (Wildman–Crippen MR) is 66.8 cm³/mol. The van der Waals surface area contributed by atoms with Crippen molar-refractivity contribution in [2.24, 2.45) is 0 Å². The summed E-state index contributed by atoms with van der Waals surface area (Å²) in [6.45, 7) is 0.491. The molecule has 0 saturated heterocycles. The molecule has 3 N–H and O–H groups in total. The number of halogens is 1. The number of carboxylic acid groups (broad SMARTS) is 1. The Balaban J connectivity index is 2.22. The molecule has 0 saturated carbocycles. The monoisotopic (exact) mass is 295 g/mol. The molecule has 88 valence electrons. The maximum atomic E-state index is 10.8. The first-order chi connectivity index (χ1) is 8.06. The zero-order valence-electron chi connectivity index (χ0n) is 8.80. The number of hydrogen-bond acceptors (Lipinski definition) is 3. The van der Waals surface area contributed by atoms with Gasteiger partial charge in [-0.15, -0.1) is 0 Å². The zero-order valence-corrected chi connectivity index (χ0v) is 10.4. The van der Waals surface area contributed by atoms with Gasteiger partial charge in [-0.05, 0) is 17.7 Å². The number of rotatable bonds is 3. The summed E-state index contributed by atoms with van der Waals surface area (Å²) in [4.78, 5) is 10.8. The third-order valence-corrected chi connectivity index (χ3v) is 2.78. The van der Waals surface area contributed by atoms with Crippen LogP contribution in [0.15, 0.2) is 34.9 Å². The molecule has 17 heavy (non-hydrogen) atoms. The Hall–Kier alpha value is -1.82. The number of aromatic nitrogens is 2. The van der Waals surface area contributed by atoms with E-state index in [2.05, 4.69) is 21.0 Å². The Morgan fingerprint density at radius 2 is 2.06 bits per heavy atom. The van der Waals surface area contributed by atoms with Gasteiger partial charge in [-0.2, -0.15) is 5.10 Å². The number of carboxylic acids is 1. The van der Waals surface area contributed by atoms with Crippen LogP contribution in [-0.2, 0) is 6.54 Å². The molecule has 0 fully saturated rings. The largest absolute Gasteiger partial charge is 0.476 e. The summed E-state index contributed by atoms with van der Waals surface area (Å²) in [7, 11) is 0. The lowest BCUT2D eigenvalue weighted by molar-refractivity contribution is 0.0690. The van der Waals surface area contributed by atoms with Gasteiger partial charge in [0.25, 0.3) is 0 Å². The minimum Gasteiger partial charge on any atom is -0.476 e. The lowest BCUT2D eigenvalue weighted by Gasteiger charge is -2.01. The number of nitrogens with zero attached hydrogens (tertiary/aromatic N) is 2. The summed E-state index contributed by atoms with van der Waals surface area (Å²) in [6.07, 6.45) is 1.52. The summed E-state index contributed by atoms with van der Waals surface area (Å²) in [5, 5.41) is 12.7. The van der Waals surface area contributed by atoms with E-state index in [1.54, 1.807) is 0 Å². The van der Waals surface area contributed by atoms with Gasteiger partial charge in [0.15, 0.2) is 5.69 Å². The minimum absolute atomic E-state index is 0.109. The van der Waals surface area contributed by atoms with Crippen molar-refractivity contribution in [2.45, 2.75) is 6.54 Å². The van der Waals surface area contributed by atoms with Crippen molar-refractivity contribution < 1.29 is 9.90 Å². The second-order valence-electron chi connectivity index (χ2n) is 3.56. The average molecular weight is 296 g/mol. The second-order valence-corrected chi connectivity index (χ2v) is 4.48. The van der Waals surface area contributed by atoms with Crippen LogP contribution in [0.1, 0.15) is 16.1 Å². The van der Waals surface area contributed by atoms with Crippen LogP contribution >= 0.6 is 15.9 Å². The van der Waals surface area contributed by atoms with Gasteiger partial charge < -0.3 is 10.8 Å². The van der Waals surface area contributed by atoms with Gasteiger partial charge in [-0.1, -0.05) is 28.1 Å². The van der Waals surface area contributed by atoms with Crippen LogP contribution in [0.4, 0.5) is 5.69 Å². The minimum atomic E-state index is -1.11. The molecule has 0 spiro atoms. The molecule has 1 aromatic carbocycles. The van der Waals surface area contributed by atoms with E-state index in [9.17, 15) is 4.79 Å². The van der Waals surface area contributed by atoms with Gasteiger partial charge in [-0.25, -0.2) is 4.79 Å². The van der Waals surface area contributed by atoms with E-state index in [1.165, 1.54) is 10.9 Å². The molecule has 0 radical (unpaired) electrons. The van der Waals surface area contributed by atoms with Crippen molar-refractivity contribution in [2.75, 3.05) is 5.73 Å². The lowest BCUT2D eigenvalue weighted by Crippen LogP contribution is -2.04. The number of anilines is 1. The van der Waals surface area contributed by atoms with Crippen molar-refractivity contribution in [3.05, 3.63) is 46.2 Å². The Morgan fingerprint density at radius 3 is 2.59 bits per heavy atom. The van der Waals surface area contributed by atoms with Gasteiger partial charge in [0.1, 0.15) is 0 Å². The van der Waals surface area contributed by atoms with Crippen molar-refractivity contribution in [1.82, 2.24) is 9.78 Å². The van der Waals surface area contributed by atoms with Crippen molar-refractivity contribution >= 4 is 27.6 Å². The van der Waals surface area contributed by atoms with Crippen LogP contribution in [0.2, 0.25) is 0 Å². The highest BCUT2D eigenvalue weighted by atomic mass is 79.9. The van der Waals surface area contributed by atoms with E-state index in [1.807, 2.05) is 24.3 Å². The molecule has 0 atom stereocenters. The molecule has 2 aromatic rings. The molecule has 0 aliphatic heterocycles. The smallest absolute Gasteiger partial charge is 0.358 e. The Kier molecular flexibility index (Phi) is 3.14. The maximum Gasteiger partial charge on any atom is 0.358 e. The number of carbonyl (C=O) groups is 1. The predicted octanol–water partition coefficient (Wildman–Crippen LogP) is 1.97. The summed E-state index contributed by atoms with van der Waals surface area (Å²) >= 11 is 3.35. The summed E-state index contributed by atoms with van der Waals surface area (Å²) in [6, 6.07) is 7.70. The number of benzene rings is 1. The molecule has 6 heteroatoms. The van der Waals surface area contributed by atoms with E-state index < -0.39 is 5.97 Å². The normalized spacial score (nSPS) is 10.4. The van der Waals surface area contributed by atoms with Crippen molar-refractivity contribution in [3.63, 3.8) is 0 Å². The fraction of sp³-hybridized carbons (Fsp3) is 0.0909. The summed E-state index contributed by atoms with van der Waals surface area (Å²) < 4.78 is 2.51. The summed E-state index contributed by atoms with van der Waals surface area (Å²) in [5.41, 5.74) is 6.64. The number of nitrogens with two attached hydrogens (primary N) is 1.